The molecule has 3 nitrogen and oxygen atoms in total. The number of piperidine rings is 1. The Morgan fingerprint density at radius 2 is 2.36 bits per heavy atom. The van der Waals surface area contributed by atoms with Crippen molar-refractivity contribution in [3.63, 3.8) is 0 Å². The zero-order valence-electron chi connectivity index (χ0n) is 9.21. The van der Waals surface area contributed by atoms with Gasteiger partial charge in [0.25, 0.3) is 0 Å². The summed E-state index contributed by atoms with van der Waals surface area (Å²) < 4.78 is 11.1. The Labute approximate surface area is 89.5 Å². The zero-order valence-corrected chi connectivity index (χ0v) is 10.0. The van der Waals surface area contributed by atoms with Crippen LogP contribution in [0.4, 0.5) is 0 Å². The van der Waals surface area contributed by atoms with E-state index >= 15 is 0 Å². The van der Waals surface area contributed by atoms with Gasteiger partial charge >= 0.3 is 0 Å². The molecule has 2 N–H and O–H groups in total. The van der Waals surface area contributed by atoms with E-state index in [-0.39, 0.29) is 5.25 Å². The first-order valence-corrected chi connectivity index (χ1v) is 7.08. The molecule has 0 bridgehead atoms. The third-order valence-electron chi connectivity index (χ3n) is 2.80. The van der Waals surface area contributed by atoms with Crippen molar-refractivity contribution in [2.75, 3.05) is 25.9 Å². The molecule has 0 aromatic rings. The van der Waals surface area contributed by atoms with Crippen LogP contribution in [0.15, 0.2) is 0 Å². The summed E-state index contributed by atoms with van der Waals surface area (Å²) >= 11 is 0. The fourth-order valence-corrected chi connectivity index (χ4v) is 2.03. The molecule has 14 heavy (non-hydrogen) atoms. The molecule has 0 saturated carbocycles. The average molecular weight is 218 g/mol. The highest BCUT2D eigenvalue weighted by Gasteiger charge is 2.12. The Morgan fingerprint density at radius 1 is 1.57 bits per heavy atom. The quantitative estimate of drug-likeness (QED) is 0.705. The molecule has 3 unspecified atom stereocenters. The first-order chi connectivity index (χ1) is 6.70. The lowest BCUT2D eigenvalue weighted by Gasteiger charge is -2.24. The second kappa shape index (κ2) is 6.53. The third kappa shape index (κ3) is 4.53. The molecule has 0 aromatic carbocycles. The standard InChI is InChI=1S/C10H22N2OS/c1-9(14(2)13)7-11-8-10-5-3-4-6-12-10/h9-12H,3-8H2,1-2H3. The third-order valence-corrected chi connectivity index (χ3v) is 4.10. The monoisotopic (exact) mass is 218 g/mol. The van der Waals surface area contributed by atoms with Gasteiger partial charge in [-0.25, -0.2) is 0 Å². The average Bonchev–Trinajstić information content (AvgIpc) is 2.19. The van der Waals surface area contributed by atoms with Gasteiger partial charge in [-0.1, -0.05) is 6.42 Å². The van der Waals surface area contributed by atoms with Gasteiger partial charge in [-0.3, -0.25) is 4.21 Å². The van der Waals surface area contributed by atoms with E-state index in [9.17, 15) is 4.21 Å². The molecule has 0 spiro atoms. The minimum Gasteiger partial charge on any atom is -0.314 e. The molecule has 1 heterocycles. The van der Waals surface area contributed by atoms with Crippen molar-refractivity contribution in [3.05, 3.63) is 0 Å². The van der Waals surface area contributed by atoms with Gasteiger partial charge in [0.05, 0.1) is 0 Å². The Hall–Kier alpha value is 0.0700. The summed E-state index contributed by atoms with van der Waals surface area (Å²) in [5.74, 6) is 0. The smallest absolute Gasteiger partial charge is 0.0441 e. The van der Waals surface area contributed by atoms with Crippen molar-refractivity contribution in [1.82, 2.24) is 10.6 Å². The van der Waals surface area contributed by atoms with Gasteiger partial charge in [-0.2, -0.15) is 0 Å². The number of hydrogen-bond acceptors (Lipinski definition) is 3. The van der Waals surface area contributed by atoms with Crippen molar-refractivity contribution < 1.29 is 4.21 Å². The van der Waals surface area contributed by atoms with Crippen LogP contribution >= 0.6 is 0 Å². The predicted octanol–water partition coefficient (Wildman–Crippen LogP) is 0.485. The number of nitrogens with one attached hydrogen (secondary N) is 2. The van der Waals surface area contributed by atoms with Gasteiger partial charge in [0.15, 0.2) is 0 Å². The van der Waals surface area contributed by atoms with E-state index in [4.69, 9.17) is 0 Å². The maximum atomic E-state index is 11.1. The topological polar surface area (TPSA) is 41.1 Å². The Balaban J connectivity index is 2.05. The fourth-order valence-electron chi connectivity index (χ4n) is 1.68. The van der Waals surface area contributed by atoms with E-state index in [0.29, 0.717) is 6.04 Å². The molecule has 1 fully saturated rings. The summed E-state index contributed by atoms with van der Waals surface area (Å²) in [6.07, 6.45) is 5.70. The molecule has 4 heteroatoms. The van der Waals surface area contributed by atoms with E-state index < -0.39 is 10.8 Å². The van der Waals surface area contributed by atoms with Crippen LogP contribution in [0.2, 0.25) is 0 Å². The van der Waals surface area contributed by atoms with Gasteiger partial charge in [0, 0.05) is 41.4 Å². The van der Waals surface area contributed by atoms with Gasteiger partial charge < -0.3 is 10.6 Å². The highest BCUT2D eigenvalue weighted by molar-refractivity contribution is 7.84. The molecule has 0 aliphatic carbocycles. The van der Waals surface area contributed by atoms with Gasteiger partial charge in [0.2, 0.25) is 0 Å². The van der Waals surface area contributed by atoms with Crippen molar-refractivity contribution >= 4 is 10.8 Å². The lowest BCUT2D eigenvalue weighted by molar-refractivity contribution is 0.384. The summed E-state index contributed by atoms with van der Waals surface area (Å²) in [5, 5.41) is 7.13. The van der Waals surface area contributed by atoms with Crippen LogP contribution < -0.4 is 10.6 Å². The fraction of sp³-hybridized carbons (Fsp3) is 1.00. The summed E-state index contributed by atoms with van der Waals surface area (Å²) in [6, 6.07) is 0.626. The second-order valence-corrected chi connectivity index (χ2v) is 5.92. The van der Waals surface area contributed by atoms with E-state index in [1.54, 1.807) is 6.26 Å². The van der Waals surface area contributed by atoms with E-state index in [0.717, 1.165) is 19.6 Å². The van der Waals surface area contributed by atoms with Crippen LogP contribution in [-0.2, 0) is 10.8 Å². The maximum absolute atomic E-state index is 11.1. The SMILES string of the molecule is CC(CNCC1CCCCN1)S(C)=O. The molecule has 0 amide bonds. The zero-order chi connectivity index (χ0) is 10.4. The Kier molecular flexibility index (Phi) is 5.67. The van der Waals surface area contributed by atoms with Crippen molar-refractivity contribution in [1.29, 1.82) is 0 Å². The minimum absolute atomic E-state index is 0.263. The molecule has 1 aliphatic heterocycles. The Morgan fingerprint density at radius 3 is 2.93 bits per heavy atom. The van der Waals surface area contributed by atoms with Crippen LogP contribution in [0.3, 0.4) is 0 Å². The highest BCUT2D eigenvalue weighted by Crippen LogP contribution is 2.05. The lowest BCUT2D eigenvalue weighted by Crippen LogP contribution is -2.43. The number of hydrogen-bond donors (Lipinski definition) is 2. The van der Waals surface area contributed by atoms with Crippen LogP contribution in [0.5, 0.6) is 0 Å². The van der Waals surface area contributed by atoms with Crippen molar-refractivity contribution in [2.24, 2.45) is 0 Å². The molecule has 0 radical (unpaired) electrons. The predicted molar refractivity (Wildman–Crippen MR) is 62.0 cm³/mol. The second-order valence-electron chi connectivity index (χ2n) is 4.11. The molecular weight excluding hydrogens is 196 g/mol. The molecule has 1 saturated heterocycles. The van der Waals surface area contributed by atoms with Crippen LogP contribution in [0, 0.1) is 0 Å². The first kappa shape index (κ1) is 12.1. The van der Waals surface area contributed by atoms with Gasteiger partial charge in [-0.15, -0.1) is 0 Å². The maximum Gasteiger partial charge on any atom is 0.0441 e. The minimum atomic E-state index is -0.700. The molecule has 3 atom stereocenters. The molecule has 0 aromatic heterocycles. The largest absolute Gasteiger partial charge is 0.314 e. The van der Waals surface area contributed by atoms with Crippen molar-refractivity contribution in [3.8, 4) is 0 Å². The van der Waals surface area contributed by atoms with E-state index in [1.165, 1.54) is 19.3 Å². The summed E-state index contributed by atoms with van der Waals surface area (Å²) in [5.41, 5.74) is 0. The normalized spacial score (nSPS) is 27.1. The molecule has 84 valence electrons. The van der Waals surface area contributed by atoms with Gasteiger partial charge in [-0.05, 0) is 26.3 Å². The summed E-state index contributed by atoms with van der Waals surface area (Å²) in [6.45, 7) is 5.06. The van der Waals surface area contributed by atoms with Crippen molar-refractivity contribution in [2.45, 2.75) is 37.5 Å². The van der Waals surface area contributed by atoms with Crippen LogP contribution in [-0.4, -0.2) is 41.4 Å². The van der Waals surface area contributed by atoms with Crippen LogP contribution in [0.1, 0.15) is 26.2 Å². The molecule has 1 aliphatic rings. The number of rotatable bonds is 5. The lowest BCUT2D eigenvalue weighted by atomic mass is 10.1. The Bertz CT molecular complexity index is 181. The summed E-state index contributed by atoms with van der Waals surface area (Å²) in [7, 11) is -0.700. The van der Waals surface area contributed by atoms with E-state index in [2.05, 4.69) is 10.6 Å². The van der Waals surface area contributed by atoms with E-state index in [1.807, 2.05) is 6.92 Å². The first-order valence-electron chi connectivity index (χ1n) is 5.46. The summed E-state index contributed by atoms with van der Waals surface area (Å²) in [4.78, 5) is 0. The van der Waals surface area contributed by atoms with Gasteiger partial charge in [0.1, 0.15) is 0 Å². The highest BCUT2D eigenvalue weighted by atomic mass is 32.2. The van der Waals surface area contributed by atoms with Crippen LogP contribution in [0.25, 0.3) is 0 Å². The molecule has 1 rings (SSSR count). The molecular formula is C10H22N2OS.